The van der Waals surface area contributed by atoms with Crippen molar-refractivity contribution >= 4 is 5.91 Å². The van der Waals surface area contributed by atoms with E-state index in [0.29, 0.717) is 5.92 Å². The molecule has 1 aromatic heterocycles. The number of piperidine rings is 1. The molecular weight excluding hydrogens is 284 g/mol. The van der Waals surface area contributed by atoms with Gasteiger partial charge < -0.3 is 9.88 Å². The van der Waals surface area contributed by atoms with E-state index >= 15 is 0 Å². The Kier molecular flexibility index (Phi) is 4.85. The van der Waals surface area contributed by atoms with Crippen molar-refractivity contribution in [2.75, 3.05) is 13.1 Å². The average molecular weight is 310 g/mol. The highest BCUT2D eigenvalue weighted by molar-refractivity contribution is 5.92. The molecule has 1 amide bonds. The number of aromatic amines is 1. The molecular formula is C20H26N2O. The van der Waals surface area contributed by atoms with E-state index in [0.717, 1.165) is 37.2 Å². The van der Waals surface area contributed by atoms with Gasteiger partial charge in [0.1, 0.15) is 5.69 Å². The number of carbonyl (C=O) groups is 1. The molecule has 1 aromatic carbocycles. The molecule has 1 atom stereocenters. The summed E-state index contributed by atoms with van der Waals surface area (Å²) in [6.07, 6.45) is 6.52. The number of amides is 1. The first-order chi connectivity index (χ1) is 11.1. The van der Waals surface area contributed by atoms with Crippen LogP contribution in [0.3, 0.4) is 0 Å². The zero-order chi connectivity index (χ0) is 16.2. The zero-order valence-corrected chi connectivity index (χ0v) is 14.1. The molecule has 0 spiro atoms. The molecule has 0 saturated carbocycles. The quantitative estimate of drug-likeness (QED) is 0.906. The molecule has 122 valence electrons. The summed E-state index contributed by atoms with van der Waals surface area (Å²) in [4.78, 5) is 17.7. The second kappa shape index (κ2) is 7.03. The molecule has 0 aliphatic carbocycles. The van der Waals surface area contributed by atoms with Crippen molar-refractivity contribution in [2.45, 2.75) is 39.5 Å². The number of aromatic nitrogens is 1. The number of H-pyrrole nitrogens is 1. The smallest absolute Gasteiger partial charge is 0.270 e. The summed E-state index contributed by atoms with van der Waals surface area (Å²) in [5.74, 6) is 0.766. The van der Waals surface area contributed by atoms with Crippen LogP contribution in [0.25, 0.3) is 0 Å². The van der Waals surface area contributed by atoms with Crippen molar-refractivity contribution in [1.82, 2.24) is 9.88 Å². The molecule has 0 bridgehead atoms. The molecule has 3 nitrogen and oxygen atoms in total. The van der Waals surface area contributed by atoms with Gasteiger partial charge in [0.05, 0.1) is 0 Å². The average Bonchev–Trinajstić information content (AvgIpc) is 3.00. The van der Waals surface area contributed by atoms with Gasteiger partial charge in [-0.25, -0.2) is 0 Å². The SMILES string of the molecule is Cc1c[nH]c(C(=O)N2CCCC(CCc3ccccc3C)C2)c1. The van der Waals surface area contributed by atoms with Crippen LogP contribution in [-0.4, -0.2) is 28.9 Å². The van der Waals surface area contributed by atoms with Crippen molar-refractivity contribution in [1.29, 1.82) is 0 Å². The van der Waals surface area contributed by atoms with Crippen LogP contribution >= 0.6 is 0 Å². The summed E-state index contributed by atoms with van der Waals surface area (Å²) in [7, 11) is 0. The van der Waals surface area contributed by atoms with E-state index in [9.17, 15) is 4.79 Å². The van der Waals surface area contributed by atoms with Gasteiger partial charge in [-0.3, -0.25) is 4.79 Å². The molecule has 3 heteroatoms. The van der Waals surface area contributed by atoms with Crippen LogP contribution in [0, 0.1) is 19.8 Å². The minimum Gasteiger partial charge on any atom is -0.357 e. The highest BCUT2D eigenvalue weighted by atomic mass is 16.2. The van der Waals surface area contributed by atoms with Crippen LogP contribution in [0.4, 0.5) is 0 Å². The first kappa shape index (κ1) is 15.9. The fourth-order valence-corrected chi connectivity index (χ4v) is 3.53. The van der Waals surface area contributed by atoms with E-state index in [1.165, 1.54) is 24.0 Å². The fourth-order valence-electron chi connectivity index (χ4n) is 3.53. The van der Waals surface area contributed by atoms with E-state index in [-0.39, 0.29) is 5.91 Å². The van der Waals surface area contributed by atoms with Gasteiger partial charge in [-0.1, -0.05) is 24.3 Å². The Morgan fingerprint density at radius 2 is 2.13 bits per heavy atom. The van der Waals surface area contributed by atoms with E-state index < -0.39 is 0 Å². The molecule has 23 heavy (non-hydrogen) atoms. The van der Waals surface area contributed by atoms with Crippen LogP contribution in [0.2, 0.25) is 0 Å². The normalized spacial score (nSPS) is 18.2. The lowest BCUT2D eigenvalue weighted by atomic mass is 9.90. The standard InChI is InChI=1S/C20H26N2O/c1-15-12-19(21-13-15)20(23)22-11-5-7-17(14-22)9-10-18-8-4-3-6-16(18)2/h3-4,6,8,12-13,17,21H,5,7,9-11,14H2,1-2H3. The molecule has 1 aliphatic heterocycles. The monoisotopic (exact) mass is 310 g/mol. The topological polar surface area (TPSA) is 36.1 Å². The molecule has 1 saturated heterocycles. The Hall–Kier alpha value is -2.03. The van der Waals surface area contributed by atoms with Crippen LogP contribution in [-0.2, 0) is 6.42 Å². The second-order valence-corrected chi connectivity index (χ2v) is 6.82. The van der Waals surface area contributed by atoms with Crippen LogP contribution < -0.4 is 0 Å². The van der Waals surface area contributed by atoms with Crippen molar-refractivity contribution in [3.05, 3.63) is 58.9 Å². The molecule has 0 radical (unpaired) electrons. The van der Waals surface area contributed by atoms with Gasteiger partial charge in [-0.2, -0.15) is 0 Å². The van der Waals surface area contributed by atoms with Crippen molar-refractivity contribution < 1.29 is 4.79 Å². The number of nitrogens with one attached hydrogen (secondary N) is 1. The van der Waals surface area contributed by atoms with Crippen LogP contribution in [0.1, 0.15) is 46.4 Å². The second-order valence-electron chi connectivity index (χ2n) is 6.82. The van der Waals surface area contributed by atoms with Gasteiger partial charge >= 0.3 is 0 Å². The summed E-state index contributed by atoms with van der Waals surface area (Å²) >= 11 is 0. The largest absolute Gasteiger partial charge is 0.357 e. The van der Waals surface area contributed by atoms with E-state index in [1.54, 1.807) is 0 Å². The minimum absolute atomic E-state index is 0.152. The van der Waals surface area contributed by atoms with Crippen molar-refractivity contribution in [3.63, 3.8) is 0 Å². The Labute approximate surface area is 138 Å². The number of carbonyl (C=O) groups excluding carboxylic acids is 1. The van der Waals surface area contributed by atoms with Gasteiger partial charge in [0.2, 0.25) is 0 Å². The number of hydrogen-bond acceptors (Lipinski definition) is 1. The molecule has 1 N–H and O–H groups in total. The number of rotatable bonds is 4. The summed E-state index contributed by atoms with van der Waals surface area (Å²) in [5.41, 5.74) is 4.65. The lowest BCUT2D eigenvalue weighted by Crippen LogP contribution is -2.40. The van der Waals surface area contributed by atoms with Crippen molar-refractivity contribution in [3.8, 4) is 0 Å². The predicted molar refractivity (Wildman–Crippen MR) is 93.7 cm³/mol. The third kappa shape index (κ3) is 3.84. The molecule has 1 unspecified atom stereocenters. The molecule has 1 fully saturated rings. The van der Waals surface area contributed by atoms with Gasteiger partial charge in [0.25, 0.3) is 5.91 Å². The number of hydrogen-bond donors (Lipinski definition) is 1. The molecule has 3 rings (SSSR count). The molecule has 2 aromatic rings. The van der Waals surface area contributed by atoms with Gasteiger partial charge in [-0.05, 0) is 68.2 Å². The number of nitrogens with zero attached hydrogens (tertiary/aromatic N) is 1. The Bertz CT molecular complexity index is 674. The molecule has 2 heterocycles. The highest BCUT2D eigenvalue weighted by Crippen LogP contribution is 2.23. The Morgan fingerprint density at radius 3 is 2.87 bits per heavy atom. The first-order valence-electron chi connectivity index (χ1n) is 8.62. The van der Waals surface area contributed by atoms with E-state index in [1.807, 2.05) is 24.1 Å². The maximum absolute atomic E-state index is 12.6. The summed E-state index contributed by atoms with van der Waals surface area (Å²) in [6.45, 7) is 5.97. The molecule has 1 aliphatic rings. The van der Waals surface area contributed by atoms with Crippen molar-refractivity contribution in [2.24, 2.45) is 5.92 Å². The Morgan fingerprint density at radius 1 is 1.30 bits per heavy atom. The van der Waals surface area contributed by atoms with E-state index in [2.05, 4.69) is 36.2 Å². The minimum atomic E-state index is 0.152. The maximum atomic E-state index is 12.6. The maximum Gasteiger partial charge on any atom is 0.270 e. The summed E-state index contributed by atoms with van der Waals surface area (Å²) < 4.78 is 0. The van der Waals surface area contributed by atoms with Gasteiger partial charge in [0.15, 0.2) is 0 Å². The zero-order valence-electron chi connectivity index (χ0n) is 14.1. The highest BCUT2D eigenvalue weighted by Gasteiger charge is 2.25. The van der Waals surface area contributed by atoms with Gasteiger partial charge in [0, 0.05) is 19.3 Å². The number of aryl methyl sites for hydroxylation is 3. The first-order valence-corrected chi connectivity index (χ1v) is 8.62. The third-order valence-corrected chi connectivity index (χ3v) is 4.95. The number of benzene rings is 1. The fraction of sp³-hybridized carbons (Fsp3) is 0.450. The predicted octanol–water partition coefficient (Wildman–Crippen LogP) is 4.12. The van der Waals surface area contributed by atoms with Gasteiger partial charge in [-0.15, -0.1) is 0 Å². The van der Waals surface area contributed by atoms with E-state index in [4.69, 9.17) is 0 Å². The van der Waals surface area contributed by atoms with Crippen LogP contribution in [0.5, 0.6) is 0 Å². The third-order valence-electron chi connectivity index (χ3n) is 4.95. The lowest BCUT2D eigenvalue weighted by molar-refractivity contribution is 0.0663. The Balaban J connectivity index is 1.58. The summed E-state index contributed by atoms with van der Waals surface area (Å²) in [6, 6.07) is 10.6. The number of likely N-dealkylation sites (tertiary alicyclic amines) is 1. The van der Waals surface area contributed by atoms with Crippen LogP contribution in [0.15, 0.2) is 36.5 Å². The lowest BCUT2D eigenvalue weighted by Gasteiger charge is -2.32. The summed E-state index contributed by atoms with van der Waals surface area (Å²) in [5, 5.41) is 0.